The number of rotatable bonds is 3. The van der Waals surface area contributed by atoms with Crippen molar-refractivity contribution in [1.82, 2.24) is 14.8 Å². The number of carbonyl (C=O) groups is 3. The third-order valence-corrected chi connectivity index (χ3v) is 5.55. The molecule has 2 aliphatic rings. The van der Waals surface area contributed by atoms with Gasteiger partial charge in [-0.1, -0.05) is 29.7 Å². The van der Waals surface area contributed by atoms with Crippen LogP contribution in [0, 0.1) is 18.8 Å². The Hall–Kier alpha value is -3.72. The number of hydrogen-bond donors (Lipinski definition) is 0. The summed E-state index contributed by atoms with van der Waals surface area (Å²) in [5.41, 5.74) is 3.72. The summed E-state index contributed by atoms with van der Waals surface area (Å²) in [6.45, 7) is 3.29. The number of pyridine rings is 1. The van der Waals surface area contributed by atoms with Crippen LogP contribution < -0.4 is 0 Å². The number of likely N-dealkylation sites (tertiary alicyclic amines) is 1. The lowest BCUT2D eigenvalue weighted by molar-refractivity contribution is -0.131. The van der Waals surface area contributed by atoms with Crippen LogP contribution in [0.4, 0.5) is 0 Å². The van der Waals surface area contributed by atoms with Gasteiger partial charge in [0, 0.05) is 31.7 Å². The molecule has 0 atom stereocenters. The van der Waals surface area contributed by atoms with Crippen LogP contribution in [0.2, 0.25) is 0 Å². The number of allylic oxidation sites excluding steroid dienone is 1. The van der Waals surface area contributed by atoms with E-state index in [4.69, 9.17) is 0 Å². The van der Waals surface area contributed by atoms with Gasteiger partial charge in [0.2, 0.25) is 5.91 Å². The first-order chi connectivity index (χ1) is 15.0. The Balaban J connectivity index is 1.27. The van der Waals surface area contributed by atoms with Crippen molar-refractivity contribution in [3.63, 3.8) is 0 Å². The highest BCUT2D eigenvalue weighted by Gasteiger charge is 2.35. The van der Waals surface area contributed by atoms with Crippen LogP contribution >= 0.6 is 0 Å². The van der Waals surface area contributed by atoms with Gasteiger partial charge in [-0.05, 0) is 56.0 Å². The Labute approximate surface area is 181 Å². The number of imide groups is 1. The third-order valence-electron chi connectivity index (χ3n) is 5.55. The van der Waals surface area contributed by atoms with Gasteiger partial charge >= 0.3 is 0 Å². The van der Waals surface area contributed by atoms with E-state index in [1.54, 1.807) is 29.2 Å². The smallest absolute Gasteiger partial charge is 0.261 e. The fourth-order valence-electron chi connectivity index (χ4n) is 3.82. The molecule has 1 aromatic carbocycles. The topological polar surface area (TPSA) is 70.6 Å². The average Bonchev–Trinajstić information content (AvgIpc) is 3.03. The summed E-state index contributed by atoms with van der Waals surface area (Å²) >= 11 is 0. The molecule has 0 aliphatic carbocycles. The molecule has 0 bridgehead atoms. The van der Waals surface area contributed by atoms with Crippen molar-refractivity contribution in [3.8, 4) is 11.8 Å². The minimum absolute atomic E-state index is 0.0364. The van der Waals surface area contributed by atoms with E-state index in [0.717, 1.165) is 24.2 Å². The number of aromatic nitrogens is 1. The van der Waals surface area contributed by atoms with Gasteiger partial charge < -0.3 is 4.90 Å². The van der Waals surface area contributed by atoms with Gasteiger partial charge in [0.25, 0.3) is 11.8 Å². The second kappa shape index (κ2) is 8.97. The number of fused-ring (bicyclic) bond motifs is 1. The molecule has 31 heavy (non-hydrogen) atoms. The molecular weight excluding hydrogens is 390 g/mol. The van der Waals surface area contributed by atoms with Crippen LogP contribution in [0.1, 0.15) is 51.4 Å². The van der Waals surface area contributed by atoms with Crippen molar-refractivity contribution in [2.45, 2.75) is 26.2 Å². The van der Waals surface area contributed by atoms with Crippen molar-refractivity contribution < 1.29 is 14.4 Å². The molecule has 3 amide bonds. The van der Waals surface area contributed by atoms with Crippen molar-refractivity contribution >= 4 is 17.7 Å². The largest absolute Gasteiger partial charge is 0.342 e. The van der Waals surface area contributed by atoms with Gasteiger partial charge in [-0.15, -0.1) is 0 Å². The molecule has 2 aromatic rings. The van der Waals surface area contributed by atoms with Gasteiger partial charge in [-0.3, -0.25) is 19.3 Å². The second-order valence-corrected chi connectivity index (χ2v) is 7.67. The maximum atomic E-state index is 12.6. The number of nitrogens with zero attached hydrogens (tertiary/aromatic N) is 3. The molecule has 3 heterocycles. The zero-order chi connectivity index (χ0) is 21.8. The second-order valence-electron chi connectivity index (χ2n) is 7.67. The zero-order valence-corrected chi connectivity index (χ0v) is 17.4. The number of aryl methyl sites for hydroxylation is 1. The molecule has 0 spiro atoms. The quantitative estimate of drug-likeness (QED) is 0.573. The van der Waals surface area contributed by atoms with E-state index in [0.29, 0.717) is 24.2 Å². The van der Waals surface area contributed by atoms with E-state index in [1.165, 1.54) is 10.5 Å². The standard InChI is InChI=1S/C25H23N3O3/c1-18-6-4-8-20(26-18)9-5-7-19-12-15-27(16-13-19)23(29)14-17-28-24(30)21-10-2-3-11-22(21)25(28)31/h2-4,6-8,10-11H,12-17H2,1H3. The maximum Gasteiger partial charge on any atom is 0.261 e. The fraction of sp³-hybridized carbons (Fsp3) is 0.280. The van der Waals surface area contributed by atoms with Crippen molar-refractivity contribution in [2.75, 3.05) is 19.6 Å². The Kier molecular flexibility index (Phi) is 5.94. The molecule has 0 radical (unpaired) electrons. The van der Waals surface area contributed by atoms with Crippen LogP contribution in [0.15, 0.2) is 54.1 Å². The Morgan fingerprint density at radius 2 is 1.71 bits per heavy atom. The maximum absolute atomic E-state index is 12.6. The van der Waals surface area contributed by atoms with Crippen LogP contribution in [0.3, 0.4) is 0 Å². The summed E-state index contributed by atoms with van der Waals surface area (Å²) in [5.74, 6) is 5.43. The van der Waals surface area contributed by atoms with Crippen LogP contribution in [-0.2, 0) is 4.79 Å². The van der Waals surface area contributed by atoms with E-state index >= 15 is 0 Å². The molecular formula is C25H23N3O3. The summed E-state index contributed by atoms with van der Waals surface area (Å²) < 4.78 is 0. The molecule has 1 fully saturated rings. The average molecular weight is 413 g/mol. The minimum atomic E-state index is -0.320. The molecule has 156 valence electrons. The normalized spacial score (nSPS) is 15.5. The fourth-order valence-corrected chi connectivity index (χ4v) is 3.82. The molecule has 1 saturated heterocycles. The van der Waals surface area contributed by atoms with Gasteiger partial charge in [-0.2, -0.15) is 0 Å². The number of benzene rings is 1. The first kappa shape index (κ1) is 20.5. The molecule has 2 aliphatic heterocycles. The molecule has 0 N–H and O–H groups in total. The van der Waals surface area contributed by atoms with Crippen molar-refractivity contribution in [1.29, 1.82) is 0 Å². The molecule has 4 rings (SSSR count). The number of piperidine rings is 1. The van der Waals surface area contributed by atoms with E-state index in [1.807, 2.05) is 31.2 Å². The minimum Gasteiger partial charge on any atom is -0.342 e. The highest BCUT2D eigenvalue weighted by atomic mass is 16.2. The summed E-state index contributed by atoms with van der Waals surface area (Å²) in [7, 11) is 0. The highest BCUT2D eigenvalue weighted by molar-refractivity contribution is 6.21. The van der Waals surface area contributed by atoms with Crippen LogP contribution in [0.5, 0.6) is 0 Å². The zero-order valence-electron chi connectivity index (χ0n) is 17.4. The first-order valence-corrected chi connectivity index (χ1v) is 10.4. The molecule has 6 heteroatoms. The predicted octanol–water partition coefficient (Wildman–Crippen LogP) is 2.98. The molecule has 6 nitrogen and oxygen atoms in total. The summed E-state index contributed by atoms with van der Waals surface area (Å²) in [5, 5.41) is 0. The van der Waals surface area contributed by atoms with E-state index in [-0.39, 0.29) is 30.7 Å². The van der Waals surface area contributed by atoms with Gasteiger partial charge in [0.05, 0.1) is 11.1 Å². The van der Waals surface area contributed by atoms with Gasteiger partial charge in [-0.25, -0.2) is 4.98 Å². The Morgan fingerprint density at radius 3 is 2.35 bits per heavy atom. The number of amides is 3. The molecule has 0 unspecified atom stereocenters. The lowest BCUT2D eigenvalue weighted by Gasteiger charge is -2.28. The Bertz CT molecular complexity index is 1090. The van der Waals surface area contributed by atoms with E-state index in [2.05, 4.69) is 16.8 Å². The summed E-state index contributed by atoms with van der Waals surface area (Å²) in [6, 6.07) is 12.5. The van der Waals surface area contributed by atoms with E-state index in [9.17, 15) is 14.4 Å². The highest BCUT2D eigenvalue weighted by Crippen LogP contribution is 2.23. The number of hydrogen-bond acceptors (Lipinski definition) is 4. The van der Waals surface area contributed by atoms with Gasteiger partial charge in [0.1, 0.15) is 5.69 Å². The first-order valence-electron chi connectivity index (χ1n) is 10.4. The lowest BCUT2D eigenvalue weighted by atomic mass is 10.0. The van der Waals surface area contributed by atoms with Gasteiger partial charge in [0.15, 0.2) is 0 Å². The van der Waals surface area contributed by atoms with Crippen molar-refractivity contribution in [2.24, 2.45) is 0 Å². The number of carbonyl (C=O) groups excluding carboxylic acids is 3. The summed E-state index contributed by atoms with van der Waals surface area (Å²) in [4.78, 5) is 44.8. The summed E-state index contributed by atoms with van der Waals surface area (Å²) in [6.07, 6.45) is 3.61. The predicted molar refractivity (Wildman–Crippen MR) is 116 cm³/mol. The lowest BCUT2D eigenvalue weighted by Crippen LogP contribution is -2.39. The molecule has 1 aromatic heterocycles. The third kappa shape index (κ3) is 4.56. The SMILES string of the molecule is Cc1cccc(C#CC=C2CCN(C(=O)CCN3C(=O)c4ccccc4C3=O)CC2)n1. The Morgan fingerprint density at radius 1 is 1.03 bits per heavy atom. The van der Waals surface area contributed by atoms with Crippen LogP contribution in [-0.4, -0.2) is 52.1 Å². The van der Waals surface area contributed by atoms with E-state index < -0.39 is 0 Å². The van der Waals surface area contributed by atoms with Crippen molar-refractivity contribution in [3.05, 3.63) is 76.6 Å². The monoisotopic (exact) mass is 413 g/mol. The molecule has 0 saturated carbocycles. The van der Waals surface area contributed by atoms with Crippen LogP contribution in [0.25, 0.3) is 0 Å².